The van der Waals surface area contributed by atoms with Gasteiger partial charge in [0.15, 0.2) is 0 Å². The quantitative estimate of drug-likeness (QED) is 0.793. The maximum absolute atomic E-state index is 12.9. The van der Waals surface area contributed by atoms with Crippen LogP contribution >= 0.6 is 0 Å². The molecule has 6 heteroatoms. The van der Waals surface area contributed by atoms with E-state index in [1.165, 1.54) is 55.0 Å². The molecule has 1 aliphatic carbocycles. The molecule has 3 rings (SSSR count). The lowest BCUT2D eigenvalue weighted by molar-refractivity contribution is 0.0612. The van der Waals surface area contributed by atoms with Crippen molar-refractivity contribution in [3.05, 3.63) is 53.6 Å². The van der Waals surface area contributed by atoms with Crippen LogP contribution in [0.5, 0.6) is 0 Å². The monoisotopic (exact) mass is 347 g/mol. The SMILES string of the molecule is CN(Cc1nccn1C(F)F)C(=O)c1ccc(C2CCCCC2)cc1. The zero-order chi connectivity index (χ0) is 17.8. The highest BCUT2D eigenvalue weighted by Gasteiger charge is 2.19. The number of carbonyl (C=O) groups is 1. The van der Waals surface area contributed by atoms with Crippen molar-refractivity contribution in [2.24, 2.45) is 0 Å². The summed E-state index contributed by atoms with van der Waals surface area (Å²) in [5.41, 5.74) is 1.85. The van der Waals surface area contributed by atoms with Gasteiger partial charge >= 0.3 is 6.55 Å². The molecule has 0 aliphatic heterocycles. The van der Waals surface area contributed by atoms with Crippen LogP contribution in [-0.4, -0.2) is 27.4 Å². The third-order valence-corrected chi connectivity index (χ3v) is 4.92. The van der Waals surface area contributed by atoms with Gasteiger partial charge in [-0.3, -0.25) is 9.36 Å². The molecular weight excluding hydrogens is 324 g/mol. The van der Waals surface area contributed by atoms with Crippen LogP contribution in [0.25, 0.3) is 0 Å². The Morgan fingerprint density at radius 1 is 1.24 bits per heavy atom. The van der Waals surface area contributed by atoms with E-state index in [1.54, 1.807) is 7.05 Å². The average molecular weight is 347 g/mol. The molecule has 4 nitrogen and oxygen atoms in total. The Bertz CT molecular complexity index is 706. The molecule has 0 bridgehead atoms. The fourth-order valence-electron chi connectivity index (χ4n) is 3.48. The lowest BCUT2D eigenvalue weighted by Gasteiger charge is -2.22. The number of halogens is 2. The van der Waals surface area contributed by atoms with Gasteiger partial charge < -0.3 is 4.90 Å². The lowest BCUT2D eigenvalue weighted by Crippen LogP contribution is -2.27. The second kappa shape index (κ2) is 7.76. The summed E-state index contributed by atoms with van der Waals surface area (Å²) in [6, 6.07) is 7.72. The fourth-order valence-corrected chi connectivity index (χ4v) is 3.48. The van der Waals surface area contributed by atoms with Gasteiger partial charge in [0.05, 0.1) is 6.54 Å². The van der Waals surface area contributed by atoms with Crippen molar-refractivity contribution < 1.29 is 13.6 Å². The first kappa shape index (κ1) is 17.6. The molecule has 0 radical (unpaired) electrons. The Morgan fingerprint density at radius 2 is 1.92 bits per heavy atom. The predicted molar refractivity (Wildman–Crippen MR) is 91.5 cm³/mol. The third kappa shape index (κ3) is 4.06. The topological polar surface area (TPSA) is 38.1 Å². The van der Waals surface area contributed by atoms with E-state index in [1.807, 2.05) is 24.3 Å². The van der Waals surface area contributed by atoms with Crippen LogP contribution in [0.3, 0.4) is 0 Å². The number of hydrogen-bond donors (Lipinski definition) is 0. The zero-order valence-electron chi connectivity index (χ0n) is 14.4. The molecule has 1 aliphatic rings. The van der Waals surface area contributed by atoms with Gasteiger partial charge in [0.25, 0.3) is 5.91 Å². The van der Waals surface area contributed by atoms with E-state index in [-0.39, 0.29) is 18.3 Å². The van der Waals surface area contributed by atoms with Crippen LogP contribution < -0.4 is 0 Å². The zero-order valence-corrected chi connectivity index (χ0v) is 14.4. The second-order valence-corrected chi connectivity index (χ2v) is 6.65. The van der Waals surface area contributed by atoms with Gasteiger partial charge in [0, 0.05) is 25.0 Å². The van der Waals surface area contributed by atoms with Crippen LogP contribution in [0.2, 0.25) is 0 Å². The predicted octanol–water partition coefficient (Wildman–Crippen LogP) is 4.60. The molecule has 1 saturated carbocycles. The highest BCUT2D eigenvalue weighted by Crippen LogP contribution is 2.32. The van der Waals surface area contributed by atoms with Crippen molar-refractivity contribution in [2.45, 2.75) is 51.1 Å². The average Bonchev–Trinajstić information content (AvgIpc) is 3.10. The molecule has 1 heterocycles. The maximum Gasteiger partial charge on any atom is 0.319 e. The minimum Gasteiger partial charge on any atom is -0.334 e. The Kier molecular flexibility index (Phi) is 5.46. The summed E-state index contributed by atoms with van der Waals surface area (Å²) in [5.74, 6) is 0.567. The molecule has 0 spiro atoms. The Labute approximate surface area is 146 Å². The van der Waals surface area contributed by atoms with Crippen LogP contribution in [0.15, 0.2) is 36.7 Å². The number of rotatable bonds is 5. The smallest absolute Gasteiger partial charge is 0.319 e. The molecule has 134 valence electrons. The molecule has 0 N–H and O–H groups in total. The Balaban J connectivity index is 1.66. The summed E-state index contributed by atoms with van der Waals surface area (Å²) < 4.78 is 26.5. The van der Waals surface area contributed by atoms with E-state index < -0.39 is 6.55 Å². The number of aromatic nitrogens is 2. The summed E-state index contributed by atoms with van der Waals surface area (Å²) >= 11 is 0. The molecule has 25 heavy (non-hydrogen) atoms. The Hall–Kier alpha value is -2.24. The standard InChI is InChI=1S/C19H23F2N3O/c1-23(13-17-22-11-12-24(17)19(20)21)18(25)16-9-7-15(8-10-16)14-5-3-2-4-6-14/h7-12,14,19H,2-6,13H2,1H3. The highest BCUT2D eigenvalue weighted by molar-refractivity contribution is 5.94. The highest BCUT2D eigenvalue weighted by atomic mass is 19.3. The largest absolute Gasteiger partial charge is 0.334 e. The first-order valence-electron chi connectivity index (χ1n) is 8.71. The van der Waals surface area contributed by atoms with Gasteiger partial charge in [-0.05, 0) is 36.5 Å². The molecule has 0 saturated heterocycles. The molecule has 0 atom stereocenters. The van der Waals surface area contributed by atoms with E-state index in [0.29, 0.717) is 11.5 Å². The molecule has 1 aromatic heterocycles. The van der Waals surface area contributed by atoms with Gasteiger partial charge in [-0.2, -0.15) is 8.78 Å². The molecule has 1 aromatic carbocycles. The van der Waals surface area contributed by atoms with Gasteiger partial charge in [-0.1, -0.05) is 31.4 Å². The number of amides is 1. The van der Waals surface area contributed by atoms with Crippen molar-refractivity contribution in [3.63, 3.8) is 0 Å². The van der Waals surface area contributed by atoms with Crippen molar-refractivity contribution in [1.82, 2.24) is 14.5 Å². The molecule has 2 aromatic rings. The summed E-state index contributed by atoms with van der Waals surface area (Å²) in [5, 5.41) is 0. The van der Waals surface area contributed by atoms with E-state index in [9.17, 15) is 13.6 Å². The molecule has 1 amide bonds. The molecule has 0 unspecified atom stereocenters. The number of hydrogen-bond acceptors (Lipinski definition) is 2. The molecular formula is C19H23F2N3O. The van der Waals surface area contributed by atoms with E-state index in [0.717, 1.165) is 4.57 Å². The minimum absolute atomic E-state index is 0.0422. The fraction of sp³-hybridized carbons (Fsp3) is 0.474. The van der Waals surface area contributed by atoms with Crippen LogP contribution in [-0.2, 0) is 6.54 Å². The van der Waals surface area contributed by atoms with E-state index in [2.05, 4.69) is 4.98 Å². The van der Waals surface area contributed by atoms with Crippen LogP contribution in [0.1, 0.15) is 66.3 Å². The lowest BCUT2D eigenvalue weighted by atomic mass is 9.84. The Morgan fingerprint density at radius 3 is 2.56 bits per heavy atom. The summed E-state index contributed by atoms with van der Waals surface area (Å²) in [7, 11) is 1.60. The van der Waals surface area contributed by atoms with Gasteiger partial charge in [0.1, 0.15) is 5.82 Å². The van der Waals surface area contributed by atoms with Crippen LogP contribution in [0.4, 0.5) is 8.78 Å². The second-order valence-electron chi connectivity index (χ2n) is 6.65. The summed E-state index contributed by atoms with van der Waals surface area (Å²) in [6.07, 6.45) is 8.81. The van der Waals surface area contributed by atoms with Gasteiger partial charge in [0.2, 0.25) is 0 Å². The number of benzene rings is 1. The summed E-state index contributed by atoms with van der Waals surface area (Å²) in [6.45, 7) is -2.61. The number of imidazole rings is 1. The van der Waals surface area contributed by atoms with Crippen LogP contribution in [0, 0.1) is 0 Å². The summed E-state index contributed by atoms with van der Waals surface area (Å²) in [4.78, 5) is 17.9. The normalized spacial score (nSPS) is 15.5. The first-order chi connectivity index (χ1) is 12.1. The number of nitrogens with zero attached hydrogens (tertiary/aromatic N) is 3. The first-order valence-corrected chi connectivity index (χ1v) is 8.71. The maximum atomic E-state index is 12.9. The van der Waals surface area contributed by atoms with Gasteiger partial charge in [-0.15, -0.1) is 0 Å². The van der Waals surface area contributed by atoms with E-state index in [4.69, 9.17) is 0 Å². The van der Waals surface area contributed by atoms with Crippen molar-refractivity contribution in [3.8, 4) is 0 Å². The third-order valence-electron chi connectivity index (χ3n) is 4.92. The van der Waals surface area contributed by atoms with Gasteiger partial charge in [-0.25, -0.2) is 4.98 Å². The van der Waals surface area contributed by atoms with Crippen molar-refractivity contribution in [2.75, 3.05) is 7.05 Å². The molecule has 1 fully saturated rings. The van der Waals surface area contributed by atoms with Crippen molar-refractivity contribution >= 4 is 5.91 Å². The number of carbonyl (C=O) groups excluding carboxylic acids is 1. The van der Waals surface area contributed by atoms with E-state index >= 15 is 0 Å². The number of alkyl halides is 2. The van der Waals surface area contributed by atoms with Crippen molar-refractivity contribution in [1.29, 1.82) is 0 Å². The minimum atomic E-state index is -2.66.